The van der Waals surface area contributed by atoms with Crippen LogP contribution in [0.15, 0.2) is 24.3 Å². The summed E-state index contributed by atoms with van der Waals surface area (Å²) < 4.78 is 29.7. The quantitative estimate of drug-likeness (QED) is 0.228. The van der Waals surface area contributed by atoms with Gasteiger partial charge in [-0.25, -0.2) is 0 Å². The van der Waals surface area contributed by atoms with Gasteiger partial charge in [0.05, 0.1) is 12.0 Å². The van der Waals surface area contributed by atoms with E-state index in [-0.39, 0.29) is 30.4 Å². The van der Waals surface area contributed by atoms with Crippen LogP contribution in [0.2, 0.25) is 0 Å². The summed E-state index contributed by atoms with van der Waals surface area (Å²) in [7, 11) is 3.87. The molecule has 4 aliphatic rings. The molecule has 1 saturated heterocycles. The van der Waals surface area contributed by atoms with E-state index in [2.05, 4.69) is 30.2 Å². The summed E-state index contributed by atoms with van der Waals surface area (Å²) in [6.45, 7) is 7.88. The summed E-state index contributed by atoms with van der Waals surface area (Å²) in [6, 6.07) is 4.71. The Morgan fingerprint density at radius 3 is 2.77 bits per heavy atom. The zero-order chi connectivity index (χ0) is 24.8. The number of methoxy groups -OCH3 is 1. The molecule has 0 saturated carbocycles. The lowest BCUT2D eigenvalue weighted by Gasteiger charge is -2.56. The Bertz CT molecular complexity index is 984. The van der Waals surface area contributed by atoms with Crippen molar-refractivity contribution in [1.82, 2.24) is 4.90 Å². The Kier molecular flexibility index (Phi) is 6.62. The number of carbonyl (C=O) groups excluding carboxylic acids is 1. The van der Waals surface area contributed by atoms with Gasteiger partial charge in [-0.1, -0.05) is 18.2 Å². The molecule has 2 unspecified atom stereocenters. The van der Waals surface area contributed by atoms with E-state index >= 15 is 0 Å². The fourth-order valence-corrected chi connectivity index (χ4v) is 6.39. The lowest BCUT2D eigenvalue weighted by molar-refractivity contribution is -0.153. The molecule has 2 aliphatic carbocycles. The van der Waals surface area contributed by atoms with Crippen molar-refractivity contribution >= 4 is 5.97 Å². The lowest BCUT2D eigenvalue weighted by Crippen LogP contribution is -2.65. The third kappa shape index (κ3) is 4.15. The van der Waals surface area contributed by atoms with Gasteiger partial charge in [-0.3, -0.25) is 4.79 Å². The summed E-state index contributed by atoms with van der Waals surface area (Å²) in [5.41, 5.74) is 2.14. The standard InChI is InChI=1S/C28H39NO6/c1-27(2,3)26(30)33-15-7-6-14-32-22-11-9-19-20-16-18-8-10-21(34-17-31-5)24-23(18)28(19,25(22)35-24)12-13-29(20)4/h8-11,19-20,22,25H,6-7,12-17H2,1-5H3/t19-,20+,22?,25?,28-/m0/s1. The van der Waals surface area contributed by atoms with Crippen molar-refractivity contribution in [3.05, 3.63) is 35.4 Å². The molecule has 1 fully saturated rings. The third-order valence-corrected chi connectivity index (χ3v) is 8.14. The second-order valence-corrected chi connectivity index (χ2v) is 11.4. The molecule has 2 aliphatic heterocycles. The Morgan fingerprint density at radius 2 is 2.00 bits per heavy atom. The molecule has 7 nitrogen and oxygen atoms in total. The average Bonchev–Trinajstić information content (AvgIpc) is 3.18. The van der Waals surface area contributed by atoms with E-state index < -0.39 is 5.41 Å². The first-order chi connectivity index (χ1) is 16.8. The average molecular weight is 486 g/mol. The predicted octanol–water partition coefficient (Wildman–Crippen LogP) is 3.87. The van der Waals surface area contributed by atoms with Crippen molar-refractivity contribution < 1.29 is 28.5 Å². The fourth-order valence-electron chi connectivity index (χ4n) is 6.39. The number of hydrogen-bond donors (Lipinski definition) is 0. The van der Waals surface area contributed by atoms with E-state index in [0.717, 1.165) is 43.7 Å². The van der Waals surface area contributed by atoms with Crippen molar-refractivity contribution in [3.8, 4) is 11.5 Å². The van der Waals surface area contributed by atoms with Gasteiger partial charge in [-0.05, 0) is 71.7 Å². The van der Waals surface area contributed by atoms with Gasteiger partial charge in [0.1, 0.15) is 12.2 Å². The number of esters is 1. The first kappa shape index (κ1) is 24.6. The summed E-state index contributed by atoms with van der Waals surface area (Å²) in [5, 5.41) is 0. The zero-order valence-electron chi connectivity index (χ0n) is 21.7. The maximum absolute atomic E-state index is 12.0. The van der Waals surface area contributed by atoms with Gasteiger partial charge >= 0.3 is 5.97 Å². The van der Waals surface area contributed by atoms with Crippen molar-refractivity contribution in [2.24, 2.45) is 11.3 Å². The van der Waals surface area contributed by atoms with E-state index in [4.69, 9.17) is 23.7 Å². The molecule has 0 radical (unpaired) electrons. The highest BCUT2D eigenvalue weighted by Crippen LogP contribution is 2.62. The van der Waals surface area contributed by atoms with Gasteiger partial charge in [0.2, 0.25) is 0 Å². The smallest absolute Gasteiger partial charge is 0.311 e. The highest BCUT2D eigenvalue weighted by Gasteiger charge is 2.64. The minimum atomic E-state index is -0.468. The van der Waals surface area contributed by atoms with Crippen LogP contribution in [0.4, 0.5) is 0 Å². The minimum absolute atomic E-state index is 0.0752. The van der Waals surface area contributed by atoms with Gasteiger partial charge in [0.15, 0.2) is 18.3 Å². The molecule has 0 N–H and O–H groups in total. The number of hydrogen-bond acceptors (Lipinski definition) is 7. The van der Waals surface area contributed by atoms with Crippen LogP contribution in [0, 0.1) is 11.3 Å². The Balaban J connectivity index is 1.31. The topological polar surface area (TPSA) is 66.5 Å². The molecule has 5 atom stereocenters. The Labute approximate surface area is 208 Å². The number of rotatable bonds is 9. The number of likely N-dealkylation sites (tertiary alicyclic amines) is 1. The van der Waals surface area contributed by atoms with Crippen LogP contribution < -0.4 is 9.47 Å². The first-order valence-corrected chi connectivity index (χ1v) is 12.9. The Hall–Kier alpha value is -2.09. The molecule has 35 heavy (non-hydrogen) atoms. The molecule has 7 heteroatoms. The number of unbranched alkanes of at least 4 members (excludes halogenated alkanes) is 1. The highest BCUT2D eigenvalue weighted by molar-refractivity contribution is 5.75. The van der Waals surface area contributed by atoms with E-state index in [1.165, 1.54) is 11.1 Å². The largest absolute Gasteiger partial charge is 0.482 e. The van der Waals surface area contributed by atoms with Crippen molar-refractivity contribution in [2.75, 3.05) is 40.7 Å². The number of piperidine rings is 1. The summed E-state index contributed by atoms with van der Waals surface area (Å²) in [6.07, 6.45) is 8.07. The zero-order valence-corrected chi connectivity index (χ0v) is 21.7. The lowest BCUT2D eigenvalue weighted by atomic mass is 9.53. The molecule has 5 rings (SSSR count). The number of benzene rings is 1. The molecule has 0 amide bonds. The molecule has 2 heterocycles. The molecule has 1 aromatic rings. The second-order valence-electron chi connectivity index (χ2n) is 11.4. The van der Waals surface area contributed by atoms with Gasteiger partial charge in [0, 0.05) is 36.7 Å². The maximum atomic E-state index is 12.0. The Morgan fingerprint density at radius 1 is 1.20 bits per heavy atom. The highest BCUT2D eigenvalue weighted by atomic mass is 16.7. The van der Waals surface area contributed by atoms with E-state index in [1.54, 1.807) is 7.11 Å². The number of nitrogens with zero attached hydrogens (tertiary/aromatic N) is 1. The molecule has 0 aromatic heterocycles. The van der Waals surface area contributed by atoms with E-state index in [9.17, 15) is 4.79 Å². The van der Waals surface area contributed by atoms with Gasteiger partial charge in [-0.2, -0.15) is 0 Å². The van der Waals surface area contributed by atoms with Crippen LogP contribution in [0.3, 0.4) is 0 Å². The molecule has 1 aromatic carbocycles. The summed E-state index contributed by atoms with van der Waals surface area (Å²) >= 11 is 0. The van der Waals surface area contributed by atoms with Crippen LogP contribution in [0.1, 0.15) is 51.2 Å². The van der Waals surface area contributed by atoms with Crippen molar-refractivity contribution in [2.45, 2.75) is 70.1 Å². The molecular weight excluding hydrogens is 446 g/mol. The normalized spacial score (nSPS) is 30.5. The number of carbonyl (C=O) groups is 1. The van der Waals surface area contributed by atoms with Crippen LogP contribution in [-0.2, 0) is 30.8 Å². The SMILES string of the molecule is COCOc1ccc2c3c1OC1C(OCCCCOC(=O)C(C)(C)C)C=C[C@H]4[C@@H](C2)N(C)CC[C@]314. The molecular formula is C28H39NO6. The fraction of sp³-hybridized carbons (Fsp3) is 0.679. The van der Waals surface area contributed by atoms with E-state index in [1.807, 2.05) is 26.8 Å². The van der Waals surface area contributed by atoms with Crippen LogP contribution in [0.25, 0.3) is 0 Å². The number of likely N-dealkylation sites (N-methyl/N-ethyl adjacent to an activating group) is 1. The second kappa shape index (κ2) is 9.41. The van der Waals surface area contributed by atoms with Gasteiger partial charge in [0.25, 0.3) is 0 Å². The number of ether oxygens (including phenoxy) is 5. The van der Waals surface area contributed by atoms with Crippen LogP contribution in [-0.4, -0.2) is 69.8 Å². The predicted molar refractivity (Wildman–Crippen MR) is 132 cm³/mol. The molecule has 1 spiro atoms. The molecule has 192 valence electrons. The van der Waals surface area contributed by atoms with Crippen LogP contribution in [0.5, 0.6) is 11.5 Å². The monoisotopic (exact) mass is 485 g/mol. The molecule has 2 bridgehead atoms. The van der Waals surface area contributed by atoms with Crippen LogP contribution >= 0.6 is 0 Å². The van der Waals surface area contributed by atoms with E-state index in [0.29, 0.717) is 25.2 Å². The third-order valence-electron chi connectivity index (χ3n) is 8.14. The maximum Gasteiger partial charge on any atom is 0.311 e. The van der Waals surface area contributed by atoms with Gasteiger partial charge in [-0.15, -0.1) is 0 Å². The van der Waals surface area contributed by atoms with Crippen molar-refractivity contribution in [1.29, 1.82) is 0 Å². The van der Waals surface area contributed by atoms with Crippen molar-refractivity contribution in [3.63, 3.8) is 0 Å². The first-order valence-electron chi connectivity index (χ1n) is 12.9. The summed E-state index contributed by atoms with van der Waals surface area (Å²) in [5.74, 6) is 1.87. The minimum Gasteiger partial charge on any atom is -0.482 e. The van der Waals surface area contributed by atoms with Gasteiger partial charge < -0.3 is 28.6 Å². The summed E-state index contributed by atoms with van der Waals surface area (Å²) in [4.78, 5) is 14.5.